The van der Waals surface area contributed by atoms with Crippen molar-refractivity contribution >= 4 is 5.91 Å². The first kappa shape index (κ1) is 10.8. The van der Waals surface area contributed by atoms with Gasteiger partial charge in [-0.1, -0.05) is 0 Å². The van der Waals surface area contributed by atoms with E-state index in [0.29, 0.717) is 11.6 Å². The van der Waals surface area contributed by atoms with E-state index in [1.165, 1.54) is 17.1 Å². The molecule has 92 valence electrons. The molecule has 1 aromatic heterocycles. The van der Waals surface area contributed by atoms with Gasteiger partial charge in [-0.25, -0.2) is 5.84 Å². The van der Waals surface area contributed by atoms with Gasteiger partial charge >= 0.3 is 0 Å². The van der Waals surface area contributed by atoms with Crippen molar-refractivity contribution < 1.29 is 4.79 Å². The number of rotatable bonds is 1. The van der Waals surface area contributed by atoms with Crippen molar-refractivity contribution in [2.75, 3.05) is 0 Å². The maximum absolute atomic E-state index is 12.3. The molecule has 0 aliphatic heterocycles. The first-order valence-electron chi connectivity index (χ1n) is 6.06. The number of nitrogens with two attached hydrogens (primary N) is 1. The zero-order valence-corrected chi connectivity index (χ0v) is 10.4. The number of amides is 1. The van der Waals surface area contributed by atoms with Gasteiger partial charge in [0.15, 0.2) is 5.69 Å². The van der Waals surface area contributed by atoms with Crippen molar-refractivity contribution in [3.63, 3.8) is 0 Å². The molecule has 0 radical (unpaired) electrons. The normalized spacial score (nSPS) is 25.4. The quantitative estimate of drug-likeness (QED) is 0.435. The van der Waals surface area contributed by atoms with E-state index >= 15 is 0 Å². The number of aromatic amines is 1. The molecule has 2 aliphatic rings. The van der Waals surface area contributed by atoms with Crippen LogP contribution in [0.5, 0.6) is 0 Å². The Hall–Kier alpha value is -1.36. The third kappa shape index (κ3) is 1.49. The number of carbonyl (C=O) groups excluding carboxylic acids is 1. The van der Waals surface area contributed by atoms with Gasteiger partial charge in [0.05, 0.1) is 5.54 Å². The Bertz CT molecular complexity index is 485. The summed E-state index contributed by atoms with van der Waals surface area (Å²) in [5.74, 6) is 7.04. The average Bonchev–Trinajstić information content (AvgIpc) is 2.72. The van der Waals surface area contributed by atoms with Crippen LogP contribution in [0.25, 0.3) is 0 Å². The molecule has 3 N–H and O–H groups in total. The number of aromatic nitrogens is 2. The predicted octanol–water partition coefficient (Wildman–Crippen LogP) is 1.18. The van der Waals surface area contributed by atoms with Crippen LogP contribution < -0.4 is 5.84 Å². The number of nitrogens with one attached hydrogen (secondary N) is 1. The van der Waals surface area contributed by atoms with Gasteiger partial charge in [0.2, 0.25) is 0 Å². The second-order valence-electron chi connectivity index (χ2n) is 6.12. The first-order valence-corrected chi connectivity index (χ1v) is 6.06. The number of hydrogen-bond donors (Lipinski definition) is 2. The molecule has 17 heavy (non-hydrogen) atoms. The van der Waals surface area contributed by atoms with Crippen molar-refractivity contribution in [3.05, 3.63) is 17.0 Å². The standard InChI is InChI=1S/C12H18N4O/c1-12(2,3)16(13)11(17)10-8-5-6-4-7(6)9(8)14-15-10/h6-7H,4-5,13H2,1-3H3,(H,14,15). The molecule has 1 heterocycles. The zero-order chi connectivity index (χ0) is 12.4. The summed E-state index contributed by atoms with van der Waals surface area (Å²) in [6.45, 7) is 5.74. The summed E-state index contributed by atoms with van der Waals surface area (Å²) in [6, 6.07) is 0. The van der Waals surface area contributed by atoms with Crippen molar-refractivity contribution in [3.8, 4) is 0 Å². The molecule has 0 saturated heterocycles. The monoisotopic (exact) mass is 234 g/mol. The third-order valence-electron chi connectivity index (χ3n) is 3.80. The summed E-state index contributed by atoms with van der Waals surface area (Å²) in [7, 11) is 0. The van der Waals surface area contributed by atoms with E-state index in [1.807, 2.05) is 20.8 Å². The Kier molecular flexibility index (Phi) is 1.96. The lowest BCUT2D eigenvalue weighted by molar-refractivity contribution is 0.0574. The van der Waals surface area contributed by atoms with Crippen LogP contribution in [0.2, 0.25) is 0 Å². The summed E-state index contributed by atoms with van der Waals surface area (Å²) in [6.07, 6.45) is 2.23. The molecule has 0 aromatic carbocycles. The zero-order valence-electron chi connectivity index (χ0n) is 10.4. The molecule has 1 aromatic rings. The molecule has 1 fully saturated rings. The summed E-state index contributed by atoms with van der Waals surface area (Å²) >= 11 is 0. The van der Waals surface area contributed by atoms with Crippen LogP contribution in [0.15, 0.2) is 0 Å². The van der Waals surface area contributed by atoms with Crippen LogP contribution in [0.3, 0.4) is 0 Å². The number of hydrogen-bond acceptors (Lipinski definition) is 3. The van der Waals surface area contributed by atoms with Crippen LogP contribution in [-0.2, 0) is 6.42 Å². The van der Waals surface area contributed by atoms with Crippen LogP contribution in [-0.4, -0.2) is 26.7 Å². The van der Waals surface area contributed by atoms with E-state index in [9.17, 15) is 4.79 Å². The smallest absolute Gasteiger partial charge is 0.281 e. The van der Waals surface area contributed by atoms with Gasteiger partial charge in [-0.3, -0.25) is 14.9 Å². The maximum Gasteiger partial charge on any atom is 0.289 e. The Labute approximate surface area is 100 Å². The van der Waals surface area contributed by atoms with Gasteiger partial charge in [-0.2, -0.15) is 5.10 Å². The Morgan fingerprint density at radius 1 is 1.53 bits per heavy atom. The minimum absolute atomic E-state index is 0.184. The molecular weight excluding hydrogens is 216 g/mol. The highest BCUT2D eigenvalue weighted by atomic mass is 16.2. The minimum Gasteiger partial charge on any atom is -0.281 e. The van der Waals surface area contributed by atoms with Crippen molar-refractivity contribution in [2.45, 2.75) is 45.1 Å². The SMILES string of the molecule is CC(C)(C)N(N)C(=O)c1n[nH]c2c1CC1CC21. The lowest BCUT2D eigenvalue weighted by Crippen LogP contribution is -2.50. The highest BCUT2D eigenvalue weighted by molar-refractivity contribution is 5.94. The number of H-pyrrole nitrogens is 1. The fourth-order valence-corrected chi connectivity index (χ4v) is 2.58. The fraction of sp³-hybridized carbons (Fsp3) is 0.667. The van der Waals surface area contributed by atoms with Crippen LogP contribution in [0, 0.1) is 5.92 Å². The van der Waals surface area contributed by atoms with Crippen LogP contribution in [0.4, 0.5) is 0 Å². The van der Waals surface area contributed by atoms with Crippen LogP contribution >= 0.6 is 0 Å². The molecule has 2 aliphatic carbocycles. The summed E-state index contributed by atoms with van der Waals surface area (Å²) in [5.41, 5.74) is 2.39. The maximum atomic E-state index is 12.3. The van der Waals surface area contributed by atoms with E-state index in [2.05, 4.69) is 10.2 Å². The Morgan fingerprint density at radius 2 is 2.24 bits per heavy atom. The van der Waals surface area contributed by atoms with Crippen LogP contribution in [0.1, 0.15) is 54.9 Å². The molecule has 0 bridgehead atoms. The Morgan fingerprint density at radius 3 is 2.88 bits per heavy atom. The number of nitrogens with zero attached hydrogens (tertiary/aromatic N) is 2. The average molecular weight is 234 g/mol. The van der Waals surface area contributed by atoms with Crippen molar-refractivity contribution in [1.29, 1.82) is 0 Å². The lowest BCUT2D eigenvalue weighted by Gasteiger charge is -2.30. The van der Waals surface area contributed by atoms with Gasteiger partial charge < -0.3 is 0 Å². The summed E-state index contributed by atoms with van der Waals surface area (Å²) in [4.78, 5) is 12.3. The predicted molar refractivity (Wildman–Crippen MR) is 63.2 cm³/mol. The summed E-state index contributed by atoms with van der Waals surface area (Å²) in [5, 5.41) is 8.44. The number of carbonyl (C=O) groups is 1. The fourth-order valence-electron chi connectivity index (χ4n) is 2.58. The van der Waals surface area contributed by atoms with E-state index in [1.54, 1.807) is 0 Å². The molecule has 5 nitrogen and oxygen atoms in total. The lowest BCUT2D eigenvalue weighted by atomic mass is 10.1. The molecular formula is C12H18N4O. The molecule has 3 rings (SSSR count). The second-order valence-corrected chi connectivity index (χ2v) is 6.12. The number of fused-ring (bicyclic) bond motifs is 3. The minimum atomic E-state index is -0.384. The molecule has 1 amide bonds. The van der Waals surface area contributed by atoms with Gasteiger partial charge in [-0.05, 0) is 39.5 Å². The van der Waals surface area contributed by atoms with Crippen molar-refractivity contribution in [1.82, 2.24) is 15.2 Å². The van der Waals surface area contributed by atoms with Gasteiger partial charge in [0.1, 0.15) is 0 Å². The molecule has 1 saturated carbocycles. The first-order chi connectivity index (χ1) is 7.89. The Balaban J connectivity index is 1.91. The van der Waals surface area contributed by atoms with Gasteiger partial charge in [-0.15, -0.1) is 0 Å². The van der Waals surface area contributed by atoms with E-state index in [0.717, 1.165) is 17.9 Å². The highest BCUT2D eigenvalue weighted by Gasteiger charge is 2.48. The van der Waals surface area contributed by atoms with E-state index in [4.69, 9.17) is 5.84 Å². The van der Waals surface area contributed by atoms with Crippen molar-refractivity contribution in [2.24, 2.45) is 11.8 Å². The summed E-state index contributed by atoms with van der Waals surface area (Å²) < 4.78 is 0. The highest BCUT2D eigenvalue weighted by Crippen LogP contribution is 2.56. The van der Waals surface area contributed by atoms with E-state index < -0.39 is 0 Å². The molecule has 0 spiro atoms. The van der Waals surface area contributed by atoms with Gasteiger partial charge in [0.25, 0.3) is 5.91 Å². The van der Waals surface area contributed by atoms with E-state index in [-0.39, 0.29) is 11.4 Å². The molecule has 5 heteroatoms. The number of hydrazine groups is 1. The molecule has 2 unspecified atom stereocenters. The largest absolute Gasteiger partial charge is 0.289 e. The molecule has 2 atom stereocenters. The third-order valence-corrected chi connectivity index (χ3v) is 3.80. The second kappa shape index (κ2) is 3.10. The topological polar surface area (TPSA) is 75.0 Å². The van der Waals surface area contributed by atoms with Gasteiger partial charge in [0, 0.05) is 17.2 Å².